The van der Waals surface area contributed by atoms with E-state index in [1.54, 1.807) is 0 Å². The maximum Gasteiger partial charge on any atom is 0.0777 e. The van der Waals surface area contributed by atoms with Crippen molar-refractivity contribution in [1.82, 2.24) is 15.2 Å². The second-order valence-corrected chi connectivity index (χ2v) is 6.42. The van der Waals surface area contributed by atoms with E-state index in [2.05, 4.69) is 74.5 Å². The van der Waals surface area contributed by atoms with Crippen LogP contribution < -0.4 is 5.32 Å². The van der Waals surface area contributed by atoms with Crippen LogP contribution in [0.5, 0.6) is 0 Å². The maximum atomic E-state index is 4.68. The number of nitrogens with zero attached hydrogens (tertiary/aromatic N) is 2. The lowest BCUT2D eigenvalue weighted by Crippen LogP contribution is -2.45. The van der Waals surface area contributed by atoms with Gasteiger partial charge in [0, 0.05) is 36.8 Å². The lowest BCUT2D eigenvalue weighted by atomic mass is 10.00. The summed E-state index contributed by atoms with van der Waals surface area (Å²) in [7, 11) is 0. The van der Waals surface area contributed by atoms with Crippen molar-refractivity contribution in [3.63, 3.8) is 0 Å². The highest BCUT2D eigenvalue weighted by molar-refractivity contribution is 9.10. The first kappa shape index (κ1) is 14.7. The van der Waals surface area contributed by atoms with Gasteiger partial charge < -0.3 is 5.32 Å². The number of halogens is 1. The van der Waals surface area contributed by atoms with E-state index in [1.165, 1.54) is 11.1 Å². The molecule has 2 heterocycles. The highest BCUT2D eigenvalue weighted by Gasteiger charge is 2.24. The minimum Gasteiger partial charge on any atom is -0.314 e. The summed E-state index contributed by atoms with van der Waals surface area (Å²) >= 11 is 3.59. The van der Waals surface area contributed by atoms with Crippen LogP contribution in [0.3, 0.4) is 0 Å². The third-order valence-electron chi connectivity index (χ3n) is 3.90. The van der Waals surface area contributed by atoms with Crippen LogP contribution in [0, 0.1) is 6.92 Å². The zero-order valence-electron chi connectivity index (χ0n) is 12.2. The van der Waals surface area contributed by atoms with Gasteiger partial charge in [-0.05, 0) is 36.2 Å². The molecule has 0 saturated carbocycles. The molecule has 4 heteroatoms. The number of hydrogen-bond donors (Lipinski definition) is 1. The molecule has 0 aliphatic carbocycles. The molecule has 3 rings (SSSR count). The number of aromatic nitrogens is 1. The summed E-state index contributed by atoms with van der Waals surface area (Å²) in [6, 6.07) is 13.1. The van der Waals surface area contributed by atoms with Crippen molar-refractivity contribution in [3.8, 4) is 0 Å². The van der Waals surface area contributed by atoms with E-state index in [4.69, 9.17) is 0 Å². The first-order valence-electron chi connectivity index (χ1n) is 7.37. The SMILES string of the molecule is Cc1ccc(C(c2cccc(Br)c2)N2CCNCC2)nc1. The summed E-state index contributed by atoms with van der Waals surface area (Å²) in [6.45, 7) is 6.25. The Morgan fingerprint density at radius 1 is 1.19 bits per heavy atom. The normalized spacial score (nSPS) is 17.6. The molecular formula is C17H20BrN3. The van der Waals surface area contributed by atoms with Gasteiger partial charge in [0.05, 0.1) is 11.7 Å². The van der Waals surface area contributed by atoms with Gasteiger partial charge >= 0.3 is 0 Å². The second kappa shape index (κ2) is 6.69. The molecule has 1 saturated heterocycles. The molecule has 0 bridgehead atoms. The van der Waals surface area contributed by atoms with E-state index in [0.717, 1.165) is 36.3 Å². The Morgan fingerprint density at radius 2 is 2.00 bits per heavy atom. The van der Waals surface area contributed by atoms with Crippen molar-refractivity contribution >= 4 is 15.9 Å². The molecule has 21 heavy (non-hydrogen) atoms. The third-order valence-corrected chi connectivity index (χ3v) is 4.39. The van der Waals surface area contributed by atoms with E-state index >= 15 is 0 Å². The van der Waals surface area contributed by atoms with Gasteiger partial charge in [-0.3, -0.25) is 9.88 Å². The summed E-state index contributed by atoms with van der Waals surface area (Å²) < 4.78 is 1.12. The van der Waals surface area contributed by atoms with Crippen molar-refractivity contribution in [2.75, 3.05) is 26.2 Å². The molecule has 1 aromatic carbocycles. The highest BCUT2D eigenvalue weighted by Crippen LogP contribution is 2.29. The van der Waals surface area contributed by atoms with Gasteiger partial charge in [0.15, 0.2) is 0 Å². The Morgan fingerprint density at radius 3 is 2.67 bits per heavy atom. The molecule has 2 aromatic rings. The van der Waals surface area contributed by atoms with E-state index in [9.17, 15) is 0 Å². The van der Waals surface area contributed by atoms with Gasteiger partial charge in [0.1, 0.15) is 0 Å². The van der Waals surface area contributed by atoms with Crippen molar-refractivity contribution < 1.29 is 0 Å². The number of pyridine rings is 1. The van der Waals surface area contributed by atoms with Crippen LogP contribution in [0.4, 0.5) is 0 Å². The fraction of sp³-hybridized carbons (Fsp3) is 0.353. The molecule has 1 aliphatic rings. The molecular weight excluding hydrogens is 326 g/mol. The molecule has 110 valence electrons. The molecule has 1 aliphatic heterocycles. The van der Waals surface area contributed by atoms with Gasteiger partial charge in [-0.2, -0.15) is 0 Å². The molecule has 3 nitrogen and oxygen atoms in total. The van der Waals surface area contributed by atoms with Crippen molar-refractivity contribution in [1.29, 1.82) is 0 Å². The zero-order valence-corrected chi connectivity index (χ0v) is 13.8. The van der Waals surface area contributed by atoms with Gasteiger partial charge in [-0.15, -0.1) is 0 Å². The molecule has 0 radical (unpaired) electrons. The highest BCUT2D eigenvalue weighted by atomic mass is 79.9. The Bertz CT molecular complexity index is 591. The van der Waals surface area contributed by atoms with Crippen molar-refractivity contribution in [2.24, 2.45) is 0 Å². The summed E-state index contributed by atoms with van der Waals surface area (Å²) in [5.74, 6) is 0. The topological polar surface area (TPSA) is 28.2 Å². The van der Waals surface area contributed by atoms with Gasteiger partial charge in [0.2, 0.25) is 0 Å². The summed E-state index contributed by atoms with van der Waals surface area (Å²) in [5.41, 5.74) is 3.62. The first-order chi connectivity index (χ1) is 10.2. The number of piperazine rings is 1. The van der Waals surface area contributed by atoms with E-state index in [-0.39, 0.29) is 6.04 Å². The molecule has 1 fully saturated rings. The lowest BCUT2D eigenvalue weighted by Gasteiger charge is -2.35. The molecule has 1 N–H and O–H groups in total. The van der Waals surface area contributed by atoms with Gasteiger partial charge in [-0.1, -0.05) is 34.1 Å². The lowest BCUT2D eigenvalue weighted by molar-refractivity contribution is 0.195. The summed E-state index contributed by atoms with van der Waals surface area (Å²) in [5, 5.41) is 3.42. The number of hydrogen-bond acceptors (Lipinski definition) is 3. The quantitative estimate of drug-likeness (QED) is 0.926. The molecule has 1 aromatic heterocycles. The maximum absolute atomic E-state index is 4.68. The molecule has 1 unspecified atom stereocenters. The fourth-order valence-electron chi connectivity index (χ4n) is 2.83. The van der Waals surface area contributed by atoms with Crippen LogP contribution in [0.1, 0.15) is 22.9 Å². The van der Waals surface area contributed by atoms with E-state index < -0.39 is 0 Å². The summed E-state index contributed by atoms with van der Waals surface area (Å²) in [6.07, 6.45) is 1.96. The van der Waals surface area contributed by atoms with Gasteiger partial charge in [0.25, 0.3) is 0 Å². The fourth-order valence-corrected chi connectivity index (χ4v) is 3.24. The van der Waals surface area contributed by atoms with Crippen LogP contribution >= 0.6 is 15.9 Å². The molecule has 1 atom stereocenters. The number of benzene rings is 1. The van der Waals surface area contributed by atoms with Crippen LogP contribution in [-0.4, -0.2) is 36.1 Å². The zero-order chi connectivity index (χ0) is 14.7. The molecule has 0 spiro atoms. The Hall–Kier alpha value is -1.23. The average Bonchev–Trinajstić information content (AvgIpc) is 2.51. The van der Waals surface area contributed by atoms with Crippen molar-refractivity contribution in [3.05, 3.63) is 63.9 Å². The Kier molecular flexibility index (Phi) is 4.68. The molecule has 0 amide bonds. The van der Waals surface area contributed by atoms with E-state index in [0.29, 0.717) is 0 Å². The number of rotatable bonds is 3. The van der Waals surface area contributed by atoms with Crippen LogP contribution in [-0.2, 0) is 0 Å². The van der Waals surface area contributed by atoms with Crippen LogP contribution in [0.15, 0.2) is 47.1 Å². The second-order valence-electron chi connectivity index (χ2n) is 5.50. The monoisotopic (exact) mass is 345 g/mol. The van der Waals surface area contributed by atoms with E-state index in [1.807, 2.05) is 6.20 Å². The largest absolute Gasteiger partial charge is 0.314 e. The van der Waals surface area contributed by atoms with Crippen LogP contribution in [0.25, 0.3) is 0 Å². The predicted octanol–water partition coefficient (Wildman–Crippen LogP) is 3.15. The average molecular weight is 346 g/mol. The minimum atomic E-state index is 0.227. The number of nitrogens with one attached hydrogen (secondary N) is 1. The Labute approximate surface area is 134 Å². The van der Waals surface area contributed by atoms with Crippen LogP contribution in [0.2, 0.25) is 0 Å². The van der Waals surface area contributed by atoms with Crippen molar-refractivity contribution in [2.45, 2.75) is 13.0 Å². The Balaban J connectivity index is 1.99. The third kappa shape index (κ3) is 3.51. The predicted molar refractivity (Wildman–Crippen MR) is 89.4 cm³/mol. The smallest absolute Gasteiger partial charge is 0.0777 e. The minimum absolute atomic E-state index is 0.227. The summed E-state index contributed by atoms with van der Waals surface area (Å²) in [4.78, 5) is 7.19. The number of aryl methyl sites for hydroxylation is 1. The van der Waals surface area contributed by atoms with Gasteiger partial charge in [-0.25, -0.2) is 0 Å². The standard InChI is InChI=1S/C17H20BrN3/c1-13-5-6-16(20-12-13)17(21-9-7-19-8-10-21)14-3-2-4-15(18)11-14/h2-6,11-12,17,19H,7-10H2,1H3. The first-order valence-corrected chi connectivity index (χ1v) is 8.16.